The SMILES string of the molecule is CC(C)n1c(/C=C/C(O)CC(O)CC(=O)O)c(-c2ccc(F)cc2)c(-c2ccccc2)c1C(=O)NC(Cc1ccccc1)C(=O)OC(C)(C)C. The molecule has 1 aromatic heterocycles. The fraction of sp³-hybridized carbons (Fsp3) is 0.325. The maximum Gasteiger partial charge on any atom is 0.329 e. The van der Waals surface area contributed by atoms with E-state index in [1.54, 1.807) is 43.5 Å². The quantitative estimate of drug-likeness (QED) is 0.107. The molecular formula is C40H45FN2O7. The first-order chi connectivity index (χ1) is 23.6. The van der Waals surface area contributed by atoms with E-state index >= 15 is 0 Å². The second-order valence-corrected chi connectivity index (χ2v) is 13.5. The number of ether oxygens (including phenoxy) is 1. The number of aromatic nitrogens is 1. The van der Waals surface area contributed by atoms with Gasteiger partial charge < -0.3 is 29.9 Å². The second kappa shape index (κ2) is 16.6. The van der Waals surface area contributed by atoms with Crippen LogP contribution in [0.4, 0.5) is 4.39 Å². The van der Waals surface area contributed by atoms with Gasteiger partial charge in [-0.15, -0.1) is 0 Å². The van der Waals surface area contributed by atoms with Crippen molar-refractivity contribution in [3.8, 4) is 22.3 Å². The molecular weight excluding hydrogens is 639 g/mol. The molecule has 0 aliphatic heterocycles. The molecule has 3 aromatic carbocycles. The average Bonchev–Trinajstić information content (AvgIpc) is 3.39. The molecule has 4 aromatic rings. The van der Waals surface area contributed by atoms with Crippen molar-refractivity contribution in [2.45, 2.75) is 83.8 Å². The van der Waals surface area contributed by atoms with Gasteiger partial charge in [-0.3, -0.25) is 9.59 Å². The van der Waals surface area contributed by atoms with E-state index in [0.29, 0.717) is 27.9 Å². The molecule has 0 spiro atoms. The van der Waals surface area contributed by atoms with Gasteiger partial charge in [-0.1, -0.05) is 78.9 Å². The molecule has 10 heteroatoms. The molecule has 4 rings (SSSR count). The van der Waals surface area contributed by atoms with E-state index in [4.69, 9.17) is 9.84 Å². The molecule has 0 fully saturated rings. The Balaban J connectivity index is 1.94. The summed E-state index contributed by atoms with van der Waals surface area (Å²) >= 11 is 0. The van der Waals surface area contributed by atoms with Gasteiger partial charge in [0.1, 0.15) is 23.2 Å². The fourth-order valence-electron chi connectivity index (χ4n) is 5.81. The predicted molar refractivity (Wildman–Crippen MR) is 191 cm³/mol. The Morgan fingerprint density at radius 3 is 2.02 bits per heavy atom. The number of carbonyl (C=O) groups is 3. The van der Waals surface area contributed by atoms with Gasteiger partial charge in [0, 0.05) is 35.7 Å². The number of nitrogens with one attached hydrogen (secondary N) is 1. The molecule has 0 aliphatic carbocycles. The van der Waals surface area contributed by atoms with Crippen LogP contribution in [0, 0.1) is 5.82 Å². The monoisotopic (exact) mass is 684 g/mol. The van der Waals surface area contributed by atoms with Crippen molar-refractivity contribution in [1.82, 2.24) is 9.88 Å². The Bertz CT molecular complexity index is 1790. The number of carbonyl (C=O) groups excluding carboxylic acids is 2. The number of rotatable bonds is 14. The maximum absolute atomic E-state index is 14.7. The van der Waals surface area contributed by atoms with Crippen LogP contribution < -0.4 is 5.32 Å². The van der Waals surface area contributed by atoms with Crippen LogP contribution >= 0.6 is 0 Å². The topological polar surface area (TPSA) is 138 Å². The summed E-state index contributed by atoms with van der Waals surface area (Å²) in [5.41, 5.74) is 3.10. The number of esters is 1. The van der Waals surface area contributed by atoms with E-state index in [1.165, 1.54) is 18.2 Å². The van der Waals surface area contributed by atoms with Gasteiger partial charge in [-0.05, 0) is 69.5 Å². The molecule has 9 nitrogen and oxygen atoms in total. The molecule has 0 saturated carbocycles. The minimum atomic E-state index is -1.28. The summed E-state index contributed by atoms with van der Waals surface area (Å²) in [7, 11) is 0. The summed E-state index contributed by atoms with van der Waals surface area (Å²) in [6.45, 7) is 9.05. The van der Waals surface area contributed by atoms with Gasteiger partial charge in [-0.2, -0.15) is 0 Å². The van der Waals surface area contributed by atoms with Crippen molar-refractivity contribution < 1.29 is 38.8 Å². The number of carboxylic acid groups (broad SMARTS) is 1. The highest BCUT2D eigenvalue weighted by molar-refractivity contribution is 6.07. The summed E-state index contributed by atoms with van der Waals surface area (Å²) in [6, 6.07) is 23.0. The molecule has 3 unspecified atom stereocenters. The first kappa shape index (κ1) is 37.8. The van der Waals surface area contributed by atoms with Gasteiger partial charge in [0.05, 0.1) is 18.6 Å². The minimum absolute atomic E-state index is 0.174. The van der Waals surface area contributed by atoms with Crippen molar-refractivity contribution in [2.75, 3.05) is 0 Å². The largest absolute Gasteiger partial charge is 0.481 e. The Kier molecular flexibility index (Phi) is 12.5. The highest BCUT2D eigenvalue weighted by Crippen LogP contribution is 2.42. The van der Waals surface area contributed by atoms with Crippen molar-refractivity contribution in [2.24, 2.45) is 0 Å². The number of hydrogen-bond acceptors (Lipinski definition) is 6. The number of carboxylic acids is 1. The molecule has 0 bridgehead atoms. The van der Waals surface area contributed by atoms with E-state index in [0.717, 1.165) is 5.56 Å². The normalized spacial score (nSPS) is 13.6. The van der Waals surface area contributed by atoms with Crippen molar-refractivity contribution >= 4 is 23.9 Å². The van der Waals surface area contributed by atoms with Crippen LogP contribution in [0.1, 0.15) is 75.2 Å². The number of halogens is 1. The third-order valence-electron chi connectivity index (χ3n) is 7.85. The second-order valence-electron chi connectivity index (χ2n) is 13.5. The first-order valence-corrected chi connectivity index (χ1v) is 16.6. The summed E-state index contributed by atoms with van der Waals surface area (Å²) in [5, 5.41) is 33.0. The summed E-state index contributed by atoms with van der Waals surface area (Å²) in [6.07, 6.45) is -0.0351. The lowest BCUT2D eigenvalue weighted by Gasteiger charge is -2.25. The number of aliphatic carboxylic acids is 1. The average molecular weight is 685 g/mol. The molecule has 0 saturated heterocycles. The van der Waals surface area contributed by atoms with E-state index in [9.17, 15) is 29.0 Å². The standard InChI is InChI=1S/C40H45FN2O7/c1-25(2)43-33(21-20-30(44)23-31(45)24-34(46)47)35(28-16-18-29(41)19-17-28)36(27-14-10-7-11-15-27)37(43)38(48)42-32(39(49)50-40(3,4)5)22-26-12-8-6-9-13-26/h6-21,25,30-32,44-45H,22-24H2,1-5H3,(H,42,48)(H,46,47)/b21-20+. The van der Waals surface area contributed by atoms with Crippen LogP contribution in [0.2, 0.25) is 0 Å². The summed E-state index contributed by atoms with van der Waals surface area (Å²) in [4.78, 5) is 39.4. The third-order valence-corrected chi connectivity index (χ3v) is 7.85. The zero-order valence-electron chi connectivity index (χ0n) is 29.0. The van der Waals surface area contributed by atoms with Crippen LogP contribution in [0.3, 0.4) is 0 Å². The smallest absolute Gasteiger partial charge is 0.329 e. The summed E-state index contributed by atoms with van der Waals surface area (Å²) < 4.78 is 21.8. The van der Waals surface area contributed by atoms with Gasteiger partial charge in [0.25, 0.3) is 5.91 Å². The molecule has 4 N–H and O–H groups in total. The van der Waals surface area contributed by atoms with Crippen molar-refractivity contribution in [3.05, 3.63) is 114 Å². The minimum Gasteiger partial charge on any atom is -0.481 e. The van der Waals surface area contributed by atoms with Gasteiger partial charge >= 0.3 is 11.9 Å². The van der Waals surface area contributed by atoms with E-state index in [1.807, 2.05) is 74.5 Å². The number of aliphatic hydroxyl groups excluding tert-OH is 2. The molecule has 1 heterocycles. The zero-order valence-corrected chi connectivity index (χ0v) is 29.0. The van der Waals surface area contributed by atoms with Crippen LogP contribution in [-0.2, 0) is 20.7 Å². The van der Waals surface area contributed by atoms with Crippen LogP contribution in [0.15, 0.2) is 91.0 Å². The van der Waals surface area contributed by atoms with Crippen molar-refractivity contribution in [3.63, 3.8) is 0 Å². The first-order valence-electron chi connectivity index (χ1n) is 16.6. The van der Waals surface area contributed by atoms with Crippen LogP contribution in [-0.4, -0.2) is 61.6 Å². The van der Waals surface area contributed by atoms with Gasteiger partial charge in [0.15, 0.2) is 0 Å². The van der Waals surface area contributed by atoms with Gasteiger partial charge in [-0.25, -0.2) is 9.18 Å². The van der Waals surface area contributed by atoms with Gasteiger partial charge in [0.2, 0.25) is 0 Å². The number of amides is 1. The van der Waals surface area contributed by atoms with E-state index in [-0.39, 0.29) is 24.6 Å². The van der Waals surface area contributed by atoms with Crippen LogP contribution in [0.25, 0.3) is 28.3 Å². The molecule has 50 heavy (non-hydrogen) atoms. The number of hydrogen-bond donors (Lipinski definition) is 4. The van der Waals surface area contributed by atoms with Crippen molar-refractivity contribution in [1.29, 1.82) is 0 Å². The maximum atomic E-state index is 14.7. The van der Waals surface area contributed by atoms with Crippen LogP contribution in [0.5, 0.6) is 0 Å². The number of nitrogens with zero attached hydrogens (tertiary/aromatic N) is 1. The Labute approximate surface area is 292 Å². The molecule has 1 amide bonds. The highest BCUT2D eigenvalue weighted by atomic mass is 19.1. The lowest BCUT2D eigenvalue weighted by Crippen LogP contribution is -2.46. The molecule has 264 valence electrons. The fourth-order valence-corrected chi connectivity index (χ4v) is 5.81. The third kappa shape index (κ3) is 9.99. The molecule has 0 radical (unpaired) electrons. The Morgan fingerprint density at radius 1 is 0.880 bits per heavy atom. The Hall–Kier alpha value is -5.06. The highest BCUT2D eigenvalue weighted by Gasteiger charge is 2.33. The van der Waals surface area contributed by atoms with E-state index in [2.05, 4.69) is 5.32 Å². The van der Waals surface area contributed by atoms with E-state index < -0.39 is 53.9 Å². The molecule has 3 atom stereocenters. The lowest BCUT2D eigenvalue weighted by atomic mass is 9.94. The summed E-state index contributed by atoms with van der Waals surface area (Å²) in [5.74, 6) is -2.79. The zero-order chi connectivity index (χ0) is 36.6. The molecule has 0 aliphatic rings. The number of aliphatic hydroxyl groups is 2. The number of benzene rings is 3. The Morgan fingerprint density at radius 2 is 1.46 bits per heavy atom. The lowest BCUT2D eigenvalue weighted by molar-refractivity contribution is -0.157. The predicted octanol–water partition coefficient (Wildman–Crippen LogP) is 6.82.